The number of thiophene rings is 1. The number of rotatable bonds is 2. The van der Waals surface area contributed by atoms with Gasteiger partial charge in [-0.2, -0.15) is 0 Å². The van der Waals surface area contributed by atoms with Crippen molar-refractivity contribution in [2.24, 2.45) is 0 Å². The normalized spacial score (nSPS) is 32.4. The molecule has 1 aromatic rings. The molecule has 1 aliphatic heterocycles. The van der Waals surface area contributed by atoms with Gasteiger partial charge in [-0.3, -0.25) is 4.90 Å². The van der Waals surface area contributed by atoms with Crippen LogP contribution in [0, 0.1) is 0 Å². The summed E-state index contributed by atoms with van der Waals surface area (Å²) in [6.45, 7) is 1.86. The largest absolute Gasteiger partial charge is 0.383 e. The van der Waals surface area contributed by atoms with Crippen LogP contribution in [0.4, 0.5) is 0 Å². The Kier molecular flexibility index (Phi) is 2.43. The Hall–Kier alpha value is 0.1000. The molecule has 0 radical (unpaired) electrons. The number of β-amino-alcohol motifs (C(OH)–C–C–N with tert-alkyl or cyclic N) is 1. The van der Waals surface area contributed by atoms with Gasteiger partial charge >= 0.3 is 0 Å². The molecule has 1 saturated heterocycles. The number of hydrogen-bond donors (Lipinski definition) is 1. The lowest BCUT2D eigenvalue weighted by molar-refractivity contribution is 0.0482. The van der Waals surface area contributed by atoms with Crippen LogP contribution in [-0.4, -0.2) is 29.1 Å². The Morgan fingerprint density at radius 2 is 2.33 bits per heavy atom. The summed E-state index contributed by atoms with van der Waals surface area (Å²) >= 11 is 5.17. The lowest BCUT2D eigenvalue weighted by Crippen LogP contribution is -2.31. The summed E-state index contributed by atoms with van der Waals surface area (Å²) in [5.74, 6) is 0. The fraction of sp³-hybridized carbons (Fsp3) is 0.636. The smallest absolute Gasteiger partial charge is 0.114 e. The van der Waals surface area contributed by atoms with Crippen molar-refractivity contribution < 1.29 is 5.11 Å². The summed E-state index contributed by atoms with van der Waals surface area (Å²) in [6.07, 6.45) is 3.52. The fourth-order valence-corrected chi connectivity index (χ4v) is 4.25. The Morgan fingerprint density at radius 3 is 2.93 bits per heavy atom. The van der Waals surface area contributed by atoms with E-state index in [2.05, 4.69) is 20.8 Å². The van der Waals surface area contributed by atoms with Gasteiger partial charge in [0.15, 0.2) is 0 Å². The predicted octanol–water partition coefficient (Wildman–Crippen LogP) is 2.57. The van der Waals surface area contributed by atoms with E-state index in [1.165, 1.54) is 12.8 Å². The standard InChI is InChI=1S/C11H14BrNOS/c12-9-3-6-15-10(9)11(14)4-5-13(7-11)8-1-2-8/h3,6,8,14H,1-2,4-5,7H2. The maximum atomic E-state index is 10.6. The maximum absolute atomic E-state index is 10.6. The molecular weight excluding hydrogens is 274 g/mol. The van der Waals surface area contributed by atoms with Crippen LogP contribution in [0.5, 0.6) is 0 Å². The van der Waals surface area contributed by atoms with Gasteiger partial charge in [-0.15, -0.1) is 11.3 Å². The first-order valence-electron chi connectivity index (χ1n) is 5.39. The highest BCUT2D eigenvalue weighted by molar-refractivity contribution is 9.10. The summed E-state index contributed by atoms with van der Waals surface area (Å²) in [4.78, 5) is 3.54. The zero-order chi connectivity index (χ0) is 10.5. The van der Waals surface area contributed by atoms with E-state index < -0.39 is 5.60 Å². The molecule has 1 unspecified atom stereocenters. The molecule has 1 N–H and O–H groups in total. The minimum Gasteiger partial charge on any atom is -0.383 e. The zero-order valence-electron chi connectivity index (χ0n) is 8.45. The molecule has 1 aliphatic carbocycles. The van der Waals surface area contributed by atoms with Gasteiger partial charge in [0.1, 0.15) is 5.60 Å². The third-order valence-corrected chi connectivity index (χ3v) is 5.41. The van der Waals surface area contributed by atoms with Gasteiger partial charge in [0.2, 0.25) is 0 Å². The molecule has 15 heavy (non-hydrogen) atoms. The van der Waals surface area contributed by atoms with E-state index in [0.29, 0.717) is 0 Å². The lowest BCUT2D eigenvalue weighted by atomic mass is 10.0. The van der Waals surface area contributed by atoms with Gasteiger partial charge in [-0.1, -0.05) is 0 Å². The van der Waals surface area contributed by atoms with E-state index in [1.54, 1.807) is 11.3 Å². The van der Waals surface area contributed by atoms with E-state index in [9.17, 15) is 5.11 Å². The first-order valence-corrected chi connectivity index (χ1v) is 7.06. The molecule has 2 aliphatic rings. The topological polar surface area (TPSA) is 23.5 Å². The van der Waals surface area contributed by atoms with Crippen molar-refractivity contribution in [3.63, 3.8) is 0 Å². The van der Waals surface area contributed by atoms with Crippen LogP contribution in [-0.2, 0) is 5.60 Å². The van der Waals surface area contributed by atoms with Gasteiger partial charge in [0, 0.05) is 23.6 Å². The molecule has 0 bridgehead atoms. The summed E-state index contributed by atoms with van der Waals surface area (Å²) in [7, 11) is 0. The molecule has 1 atom stereocenters. The quantitative estimate of drug-likeness (QED) is 0.904. The Balaban J connectivity index is 1.83. The SMILES string of the molecule is OC1(c2sccc2Br)CCN(C2CC2)C1. The molecular formula is C11H14BrNOS. The van der Waals surface area contributed by atoms with Gasteiger partial charge < -0.3 is 5.11 Å². The number of nitrogens with zero attached hydrogens (tertiary/aromatic N) is 1. The van der Waals surface area contributed by atoms with Crippen molar-refractivity contribution in [2.45, 2.75) is 30.9 Å². The summed E-state index contributed by atoms with van der Waals surface area (Å²) in [6, 6.07) is 2.79. The van der Waals surface area contributed by atoms with Gasteiger partial charge in [0.05, 0.1) is 4.88 Å². The average Bonchev–Trinajstić information content (AvgIpc) is 2.85. The molecule has 2 nitrogen and oxygen atoms in total. The average molecular weight is 288 g/mol. The molecule has 3 rings (SSSR count). The van der Waals surface area contributed by atoms with Gasteiger partial charge in [-0.05, 0) is 46.6 Å². The molecule has 0 spiro atoms. The number of likely N-dealkylation sites (tertiary alicyclic amines) is 1. The van der Waals surface area contributed by atoms with Crippen molar-refractivity contribution in [1.29, 1.82) is 0 Å². The van der Waals surface area contributed by atoms with E-state index in [0.717, 1.165) is 34.9 Å². The van der Waals surface area contributed by atoms with Crippen molar-refractivity contribution >= 4 is 27.3 Å². The van der Waals surface area contributed by atoms with Crippen molar-refractivity contribution in [1.82, 2.24) is 4.90 Å². The van der Waals surface area contributed by atoms with Crippen LogP contribution >= 0.6 is 27.3 Å². The summed E-state index contributed by atoms with van der Waals surface area (Å²) in [5, 5.41) is 12.7. The van der Waals surface area contributed by atoms with E-state index in [-0.39, 0.29) is 0 Å². The van der Waals surface area contributed by atoms with Gasteiger partial charge in [-0.25, -0.2) is 0 Å². The molecule has 2 fully saturated rings. The third kappa shape index (κ3) is 1.78. The van der Waals surface area contributed by atoms with Crippen LogP contribution in [0.1, 0.15) is 24.1 Å². The summed E-state index contributed by atoms with van der Waals surface area (Å²) in [5.41, 5.74) is -0.602. The van der Waals surface area contributed by atoms with E-state index in [4.69, 9.17) is 0 Å². The highest BCUT2D eigenvalue weighted by Gasteiger charge is 2.44. The minimum atomic E-state index is -0.602. The molecule has 0 aromatic carbocycles. The number of halogens is 1. The van der Waals surface area contributed by atoms with Crippen molar-refractivity contribution in [3.8, 4) is 0 Å². The molecule has 4 heteroatoms. The molecule has 1 saturated carbocycles. The van der Waals surface area contributed by atoms with Crippen molar-refractivity contribution in [2.75, 3.05) is 13.1 Å². The second-order valence-corrected chi connectivity index (χ2v) is 6.35. The number of hydrogen-bond acceptors (Lipinski definition) is 3. The Labute approximate surface area is 102 Å². The van der Waals surface area contributed by atoms with Crippen LogP contribution in [0.15, 0.2) is 15.9 Å². The first kappa shape index (κ1) is 10.3. The first-order chi connectivity index (χ1) is 7.19. The third-order valence-electron chi connectivity index (χ3n) is 3.38. The second-order valence-electron chi connectivity index (χ2n) is 4.58. The van der Waals surface area contributed by atoms with Crippen molar-refractivity contribution in [3.05, 3.63) is 20.8 Å². The molecule has 2 heterocycles. The maximum Gasteiger partial charge on any atom is 0.114 e. The molecule has 0 amide bonds. The minimum absolute atomic E-state index is 0.602. The van der Waals surface area contributed by atoms with E-state index >= 15 is 0 Å². The highest BCUT2D eigenvalue weighted by atomic mass is 79.9. The van der Waals surface area contributed by atoms with Crippen LogP contribution < -0.4 is 0 Å². The van der Waals surface area contributed by atoms with Crippen LogP contribution in [0.2, 0.25) is 0 Å². The second kappa shape index (κ2) is 3.55. The van der Waals surface area contributed by atoms with Gasteiger partial charge in [0.25, 0.3) is 0 Å². The zero-order valence-corrected chi connectivity index (χ0v) is 10.9. The summed E-state index contributed by atoms with van der Waals surface area (Å²) < 4.78 is 1.06. The molecule has 82 valence electrons. The molecule has 1 aromatic heterocycles. The van der Waals surface area contributed by atoms with E-state index in [1.807, 2.05) is 11.4 Å². The number of aliphatic hydroxyl groups is 1. The van der Waals surface area contributed by atoms with Crippen LogP contribution in [0.3, 0.4) is 0 Å². The van der Waals surface area contributed by atoms with Crippen LogP contribution in [0.25, 0.3) is 0 Å². The Morgan fingerprint density at radius 1 is 1.53 bits per heavy atom. The highest BCUT2D eigenvalue weighted by Crippen LogP contribution is 2.42. The monoisotopic (exact) mass is 287 g/mol. The fourth-order valence-electron chi connectivity index (χ4n) is 2.39. The Bertz CT molecular complexity index is 376. The predicted molar refractivity (Wildman–Crippen MR) is 65.1 cm³/mol. The lowest BCUT2D eigenvalue weighted by Gasteiger charge is -2.22.